The predicted octanol–water partition coefficient (Wildman–Crippen LogP) is 2.12. The van der Waals surface area contributed by atoms with Gasteiger partial charge in [0.1, 0.15) is 11.6 Å². The van der Waals surface area contributed by atoms with Crippen LogP contribution in [0.15, 0.2) is 24.5 Å². The number of hydrogen-bond donors (Lipinski definition) is 1. The number of nitrogens with two attached hydrogens (primary N) is 1. The Balaban J connectivity index is 2.38. The van der Waals surface area contributed by atoms with E-state index in [1.807, 2.05) is 28.9 Å². The van der Waals surface area contributed by atoms with Crippen LogP contribution < -0.4 is 10.5 Å². The van der Waals surface area contributed by atoms with Crippen LogP contribution in [0.2, 0.25) is 0 Å². The monoisotopic (exact) mass is 249 g/mol. The van der Waals surface area contributed by atoms with Gasteiger partial charge in [0.15, 0.2) is 11.4 Å². The van der Waals surface area contributed by atoms with E-state index in [0.29, 0.717) is 16.7 Å². The van der Waals surface area contributed by atoms with Crippen molar-refractivity contribution in [1.82, 2.24) is 9.38 Å². The topological polar surface area (TPSA) is 52.5 Å². The lowest BCUT2D eigenvalue weighted by atomic mass is 10.2. The summed E-state index contributed by atoms with van der Waals surface area (Å²) in [5.41, 5.74) is 7.25. The van der Waals surface area contributed by atoms with E-state index in [0.717, 1.165) is 11.3 Å². The maximum Gasteiger partial charge on any atom is 0.179 e. The molecule has 4 nitrogen and oxygen atoms in total. The molecule has 0 amide bonds. The normalized spacial score (nSPS) is 11.0. The second-order valence-electron chi connectivity index (χ2n) is 4.18. The first-order valence-corrected chi connectivity index (χ1v) is 5.87. The molecule has 17 heavy (non-hydrogen) atoms. The molecule has 0 aliphatic heterocycles. The second-order valence-corrected chi connectivity index (χ2v) is 4.70. The first-order chi connectivity index (χ1) is 8.08. The number of imidazole rings is 1. The van der Waals surface area contributed by atoms with Crippen molar-refractivity contribution in [3.63, 3.8) is 0 Å². The Labute approximate surface area is 105 Å². The fraction of sp³-hybridized carbons (Fsp3) is 0.333. The Morgan fingerprint density at radius 3 is 3.00 bits per heavy atom. The van der Waals surface area contributed by atoms with Gasteiger partial charge in [-0.1, -0.05) is 26.1 Å². The molecule has 90 valence electrons. The van der Waals surface area contributed by atoms with Crippen molar-refractivity contribution in [2.24, 2.45) is 5.73 Å². The SMILES string of the molecule is CC(C)c1cn2cccc(OCC(N)=S)c2n1. The molecule has 0 aromatic carbocycles. The Bertz CT molecular complexity index is 548. The van der Waals surface area contributed by atoms with Crippen molar-refractivity contribution < 1.29 is 4.74 Å². The summed E-state index contributed by atoms with van der Waals surface area (Å²) in [6, 6.07) is 3.78. The molecule has 0 atom stereocenters. The van der Waals surface area contributed by atoms with E-state index in [-0.39, 0.29) is 6.61 Å². The van der Waals surface area contributed by atoms with Gasteiger partial charge in [-0.25, -0.2) is 4.98 Å². The summed E-state index contributed by atoms with van der Waals surface area (Å²) in [5, 5.41) is 0. The third-order valence-electron chi connectivity index (χ3n) is 2.43. The van der Waals surface area contributed by atoms with E-state index in [1.165, 1.54) is 0 Å². The van der Waals surface area contributed by atoms with E-state index in [4.69, 9.17) is 22.7 Å². The van der Waals surface area contributed by atoms with Crippen LogP contribution in [-0.4, -0.2) is 21.0 Å². The lowest BCUT2D eigenvalue weighted by Gasteiger charge is -2.05. The first kappa shape index (κ1) is 11.9. The minimum absolute atomic E-state index is 0.235. The molecule has 0 aliphatic rings. The van der Waals surface area contributed by atoms with E-state index < -0.39 is 0 Å². The van der Waals surface area contributed by atoms with Crippen LogP contribution in [0.5, 0.6) is 5.75 Å². The van der Waals surface area contributed by atoms with Gasteiger partial charge >= 0.3 is 0 Å². The number of nitrogens with zero attached hydrogens (tertiary/aromatic N) is 2. The molecule has 0 radical (unpaired) electrons. The number of aromatic nitrogens is 2. The summed E-state index contributed by atoms with van der Waals surface area (Å²) in [7, 11) is 0. The average Bonchev–Trinajstić information content (AvgIpc) is 2.70. The van der Waals surface area contributed by atoms with Crippen LogP contribution in [0.3, 0.4) is 0 Å². The fourth-order valence-electron chi connectivity index (χ4n) is 1.55. The number of pyridine rings is 1. The highest BCUT2D eigenvalue weighted by Crippen LogP contribution is 2.21. The minimum Gasteiger partial charge on any atom is -0.483 e. The molecule has 0 fully saturated rings. The van der Waals surface area contributed by atoms with Gasteiger partial charge < -0.3 is 14.9 Å². The number of fused-ring (bicyclic) bond motifs is 1. The number of hydrogen-bond acceptors (Lipinski definition) is 3. The van der Waals surface area contributed by atoms with Crippen molar-refractivity contribution in [2.45, 2.75) is 19.8 Å². The molecular formula is C12H15N3OS. The highest BCUT2D eigenvalue weighted by Gasteiger charge is 2.09. The molecule has 2 heterocycles. The molecule has 0 bridgehead atoms. The van der Waals surface area contributed by atoms with Gasteiger partial charge in [-0.05, 0) is 18.1 Å². The summed E-state index contributed by atoms with van der Waals surface area (Å²) in [6.07, 6.45) is 3.95. The van der Waals surface area contributed by atoms with Gasteiger partial charge in [-0.2, -0.15) is 0 Å². The van der Waals surface area contributed by atoms with Crippen LogP contribution in [0.25, 0.3) is 5.65 Å². The lowest BCUT2D eigenvalue weighted by molar-refractivity contribution is 0.379. The molecular weight excluding hydrogens is 234 g/mol. The number of thiocarbonyl (C=S) groups is 1. The maximum atomic E-state index is 5.52. The molecule has 0 aliphatic carbocycles. The maximum absolute atomic E-state index is 5.52. The van der Waals surface area contributed by atoms with Crippen molar-refractivity contribution >= 4 is 22.9 Å². The fourth-order valence-corrected chi connectivity index (χ4v) is 1.60. The molecule has 2 aromatic rings. The zero-order chi connectivity index (χ0) is 12.4. The molecule has 5 heteroatoms. The second kappa shape index (κ2) is 4.71. The molecule has 0 saturated carbocycles. The van der Waals surface area contributed by atoms with Crippen molar-refractivity contribution in [3.8, 4) is 5.75 Å². The van der Waals surface area contributed by atoms with Gasteiger partial charge in [0.05, 0.1) is 5.69 Å². The molecule has 0 saturated heterocycles. The zero-order valence-corrected chi connectivity index (χ0v) is 10.7. The molecule has 2 N–H and O–H groups in total. The smallest absolute Gasteiger partial charge is 0.179 e. The molecule has 0 spiro atoms. The molecule has 2 rings (SSSR count). The van der Waals surface area contributed by atoms with Gasteiger partial charge in [-0.3, -0.25) is 0 Å². The lowest BCUT2D eigenvalue weighted by Crippen LogP contribution is -2.18. The van der Waals surface area contributed by atoms with Crippen LogP contribution in [0.1, 0.15) is 25.5 Å². The third kappa shape index (κ3) is 2.55. The Morgan fingerprint density at radius 2 is 2.35 bits per heavy atom. The van der Waals surface area contributed by atoms with E-state index >= 15 is 0 Å². The predicted molar refractivity (Wildman–Crippen MR) is 71.6 cm³/mol. The highest BCUT2D eigenvalue weighted by atomic mass is 32.1. The summed E-state index contributed by atoms with van der Waals surface area (Å²) in [4.78, 5) is 4.88. The zero-order valence-electron chi connectivity index (χ0n) is 9.88. The van der Waals surface area contributed by atoms with Crippen molar-refractivity contribution in [3.05, 3.63) is 30.2 Å². The van der Waals surface area contributed by atoms with Crippen molar-refractivity contribution in [1.29, 1.82) is 0 Å². The Hall–Kier alpha value is -1.62. The molecule has 0 unspecified atom stereocenters. The first-order valence-electron chi connectivity index (χ1n) is 5.46. The highest BCUT2D eigenvalue weighted by molar-refractivity contribution is 7.80. The largest absolute Gasteiger partial charge is 0.483 e. The van der Waals surface area contributed by atoms with Crippen LogP contribution in [0, 0.1) is 0 Å². The van der Waals surface area contributed by atoms with Gasteiger partial charge in [0.25, 0.3) is 0 Å². The number of ether oxygens (including phenoxy) is 1. The van der Waals surface area contributed by atoms with E-state index in [1.54, 1.807) is 0 Å². The van der Waals surface area contributed by atoms with Crippen LogP contribution >= 0.6 is 12.2 Å². The van der Waals surface area contributed by atoms with E-state index in [9.17, 15) is 0 Å². The summed E-state index contributed by atoms with van der Waals surface area (Å²) >= 11 is 4.79. The summed E-state index contributed by atoms with van der Waals surface area (Å²) < 4.78 is 7.47. The minimum atomic E-state index is 0.235. The third-order valence-corrected chi connectivity index (χ3v) is 2.54. The summed E-state index contributed by atoms with van der Waals surface area (Å²) in [5.74, 6) is 1.09. The standard InChI is InChI=1S/C12H15N3OS/c1-8(2)9-6-15-5-3-4-10(12(15)14-9)16-7-11(13)17/h3-6,8H,7H2,1-2H3,(H2,13,17). The van der Waals surface area contributed by atoms with Crippen LogP contribution in [0.4, 0.5) is 0 Å². The average molecular weight is 249 g/mol. The quantitative estimate of drug-likeness (QED) is 0.843. The van der Waals surface area contributed by atoms with Crippen LogP contribution in [-0.2, 0) is 0 Å². The summed E-state index contributed by atoms with van der Waals surface area (Å²) in [6.45, 7) is 4.45. The number of rotatable bonds is 4. The van der Waals surface area contributed by atoms with Crippen molar-refractivity contribution in [2.75, 3.05) is 6.61 Å². The molecule has 2 aromatic heterocycles. The van der Waals surface area contributed by atoms with Gasteiger partial charge in [0.2, 0.25) is 0 Å². The Kier molecular flexibility index (Phi) is 3.28. The van der Waals surface area contributed by atoms with E-state index in [2.05, 4.69) is 18.8 Å². The van der Waals surface area contributed by atoms with Gasteiger partial charge in [-0.15, -0.1) is 0 Å². The van der Waals surface area contributed by atoms with Gasteiger partial charge in [0, 0.05) is 12.4 Å². The Morgan fingerprint density at radius 1 is 1.59 bits per heavy atom.